The van der Waals surface area contributed by atoms with Crippen molar-refractivity contribution in [2.24, 2.45) is 5.92 Å². The SMILES string of the molecule is CC(C)CN(CC(F)(F)F)C(=O)c1ccc(S(=O)(=O)NC2CC2)cc1. The molecule has 140 valence electrons. The van der Waals surface area contributed by atoms with Crippen molar-refractivity contribution in [3.05, 3.63) is 29.8 Å². The van der Waals surface area contributed by atoms with Crippen molar-refractivity contribution in [3.8, 4) is 0 Å². The van der Waals surface area contributed by atoms with Crippen LogP contribution in [0.1, 0.15) is 37.0 Å². The molecular formula is C16H21F3N2O3S. The van der Waals surface area contributed by atoms with Crippen LogP contribution in [0.2, 0.25) is 0 Å². The topological polar surface area (TPSA) is 66.5 Å². The van der Waals surface area contributed by atoms with Gasteiger partial charge in [0.25, 0.3) is 5.91 Å². The van der Waals surface area contributed by atoms with Crippen LogP contribution in [-0.2, 0) is 10.0 Å². The van der Waals surface area contributed by atoms with E-state index in [1.807, 2.05) is 0 Å². The van der Waals surface area contributed by atoms with Crippen LogP contribution >= 0.6 is 0 Å². The van der Waals surface area contributed by atoms with Gasteiger partial charge in [0.2, 0.25) is 10.0 Å². The molecule has 1 aliphatic carbocycles. The van der Waals surface area contributed by atoms with E-state index in [9.17, 15) is 26.4 Å². The number of alkyl halides is 3. The Labute approximate surface area is 145 Å². The molecule has 0 atom stereocenters. The summed E-state index contributed by atoms with van der Waals surface area (Å²) in [5.74, 6) is -0.904. The van der Waals surface area contributed by atoms with Gasteiger partial charge in [0.1, 0.15) is 6.54 Å². The first-order chi connectivity index (χ1) is 11.5. The van der Waals surface area contributed by atoms with E-state index in [0.717, 1.165) is 17.7 Å². The molecule has 0 aromatic heterocycles. The predicted molar refractivity (Wildman–Crippen MR) is 86.6 cm³/mol. The van der Waals surface area contributed by atoms with Crippen molar-refractivity contribution in [1.29, 1.82) is 0 Å². The number of carbonyl (C=O) groups is 1. The molecule has 1 amide bonds. The zero-order valence-corrected chi connectivity index (χ0v) is 14.8. The molecule has 1 aromatic carbocycles. The van der Waals surface area contributed by atoms with Crippen molar-refractivity contribution in [1.82, 2.24) is 9.62 Å². The lowest BCUT2D eigenvalue weighted by Crippen LogP contribution is -2.41. The van der Waals surface area contributed by atoms with E-state index in [1.165, 1.54) is 24.3 Å². The summed E-state index contributed by atoms with van der Waals surface area (Å²) in [5, 5.41) is 0. The summed E-state index contributed by atoms with van der Waals surface area (Å²) in [6.45, 7) is 2.06. The van der Waals surface area contributed by atoms with E-state index < -0.39 is 28.7 Å². The standard InChI is InChI=1S/C16H21F3N2O3S/c1-11(2)9-21(10-16(17,18)19)15(22)12-3-7-14(8-4-12)25(23,24)20-13-5-6-13/h3-4,7-8,11,13,20H,5-6,9-10H2,1-2H3. The van der Waals surface area contributed by atoms with E-state index in [1.54, 1.807) is 13.8 Å². The third-order valence-corrected chi connectivity index (χ3v) is 5.09. The molecule has 0 bridgehead atoms. The maximum Gasteiger partial charge on any atom is 0.406 e. The number of nitrogens with zero attached hydrogens (tertiary/aromatic N) is 1. The van der Waals surface area contributed by atoms with Crippen LogP contribution < -0.4 is 4.72 Å². The van der Waals surface area contributed by atoms with Gasteiger partial charge in [0.05, 0.1) is 4.90 Å². The highest BCUT2D eigenvalue weighted by atomic mass is 32.2. The first-order valence-corrected chi connectivity index (χ1v) is 9.44. The van der Waals surface area contributed by atoms with Gasteiger partial charge in [0, 0.05) is 18.2 Å². The molecule has 25 heavy (non-hydrogen) atoms. The normalized spacial score (nSPS) is 15.4. The van der Waals surface area contributed by atoms with Crippen molar-refractivity contribution < 1.29 is 26.4 Å². The van der Waals surface area contributed by atoms with Crippen LogP contribution in [0.15, 0.2) is 29.2 Å². The third-order valence-electron chi connectivity index (χ3n) is 3.55. The van der Waals surface area contributed by atoms with Gasteiger partial charge in [-0.3, -0.25) is 4.79 Å². The summed E-state index contributed by atoms with van der Waals surface area (Å²) >= 11 is 0. The van der Waals surface area contributed by atoms with Gasteiger partial charge in [-0.1, -0.05) is 13.8 Å². The second kappa shape index (κ2) is 7.33. The van der Waals surface area contributed by atoms with Gasteiger partial charge in [-0.05, 0) is 43.0 Å². The molecule has 0 radical (unpaired) electrons. The molecule has 0 saturated heterocycles. The fourth-order valence-corrected chi connectivity index (χ4v) is 3.63. The number of halogens is 3. The maximum absolute atomic E-state index is 12.7. The van der Waals surface area contributed by atoms with Gasteiger partial charge in [-0.2, -0.15) is 13.2 Å². The molecule has 0 heterocycles. The molecule has 9 heteroatoms. The summed E-state index contributed by atoms with van der Waals surface area (Å²) < 4.78 is 64.7. The summed E-state index contributed by atoms with van der Waals surface area (Å²) in [6, 6.07) is 4.90. The minimum atomic E-state index is -4.50. The molecule has 0 spiro atoms. The van der Waals surface area contributed by atoms with Crippen molar-refractivity contribution >= 4 is 15.9 Å². The number of amides is 1. The molecule has 1 aromatic rings. The average molecular weight is 378 g/mol. The fourth-order valence-electron chi connectivity index (χ4n) is 2.32. The van der Waals surface area contributed by atoms with Gasteiger partial charge >= 0.3 is 6.18 Å². The molecule has 5 nitrogen and oxygen atoms in total. The lowest BCUT2D eigenvalue weighted by molar-refractivity contribution is -0.141. The highest BCUT2D eigenvalue weighted by Crippen LogP contribution is 2.23. The molecule has 1 saturated carbocycles. The largest absolute Gasteiger partial charge is 0.406 e. The van der Waals surface area contributed by atoms with Crippen molar-refractivity contribution in [2.75, 3.05) is 13.1 Å². The Morgan fingerprint density at radius 1 is 1.24 bits per heavy atom. The lowest BCUT2D eigenvalue weighted by Gasteiger charge is -2.25. The number of benzene rings is 1. The molecule has 1 fully saturated rings. The van der Waals surface area contributed by atoms with E-state index in [-0.39, 0.29) is 29.0 Å². The minimum Gasteiger partial charge on any atom is -0.329 e. The van der Waals surface area contributed by atoms with E-state index in [0.29, 0.717) is 0 Å². The Morgan fingerprint density at radius 2 is 1.80 bits per heavy atom. The Balaban J connectivity index is 2.16. The number of hydrogen-bond donors (Lipinski definition) is 1. The second-order valence-corrected chi connectivity index (χ2v) is 8.33. The summed E-state index contributed by atoms with van der Waals surface area (Å²) in [4.78, 5) is 13.1. The summed E-state index contributed by atoms with van der Waals surface area (Å²) in [6.07, 6.45) is -2.92. The van der Waals surface area contributed by atoms with Crippen LogP contribution in [0.3, 0.4) is 0 Å². The quantitative estimate of drug-likeness (QED) is 0.793. The predicted octanol–water partition coefficient (Wildman–Crippen LogP) is 2.79. The van der Waals surface area contributed by atoms with E-state index in [4.69, 9.17) is 0 Å². The van der Waals surface area contributed by atoms with Gasteiger partial charge in [-0.25, -0.2) is 13.1 Å². The molecule has 0 unspecified atom stereocenters. The lowest BCUT2D eigenvalue weighted by atomic mass is 10.1. The number of sulfonamides is 1. The monoisotopic (exact) mass is 378 g/mol. The fraction of sp³-hybridized carbons (Fsp3) is 0.562. The first-order valence-electron chi connectivity index (χ1n) is 7.96. The van der Waals surface area contributed by atoms with E-state index in [2.05, 4.69) is 4.72 Å². The number of rotatable bonds is 7. The zero-order chi connectivity index (χ0) is 18.8. The van der Waals surface area contributed by atoms with Crippen molar-refractivity contribution in [3.63, 3.8) is 0 Å². The van der Waals surface area contributed by atoms with Gasteiger partial charge < -0.3 is 4.90 Å². The summed E-state index contributed by atoms with van der Waals surface area (Å²) in [5.41, 5.74) is 0.0234. The first kappa shape index (κ1) is 19.7. The van der Waals surface area contributed by atoms with Crippen LogP contribution in [0.25, 0.3) is 0 Å². The molecular weight excluding hydrogens is 357 g/mol. The molecule has 1 aliphatic rings. The number of carbonyl (C=O) groups excluding carboxylic acids is 1. The third kappa shape index (κ3) is 6.00. The zero-order valence-electron chi connectivity index (χ0n) is 14.0. The van der Waals surface area contributed by atoms with Gasteiger partial charge in [0.15, 0.2) is 0 Å². The highest BCUT2D eigenvalue weighted by Gasteiger charge is 2.34. The maximum atomic E-state index is 12.7. The van der Waals surface area contributed by atoms with Crippen LogP contribution in [0.4, 0.5) is 13.2 Å². The van der Waals surface area contributed by atoms with Crippen LogP contribution in [0.5, 0.6) is 0 Å². The van der Waals surface area contributed by atoms with E-state index >= 15 is 0 Å². The average Bonchev–Trinajstić information content (AvgIpc) is 3.27. The Bertz CT molecular complexity index is 711. The number of hydrogen-bond acceptors (Lipinski definition) is 3. The number of nitrogens with one attached hydrogen (secondary N) is 1. The second-order valence-electron chi connectivity index (χ2n) is 6.61. The molecule has 1 N–H and O–H groups in total. The Kier molecular flexibility index (Phi) is 5.78. The van der Waals surface area contributed by atoms with Crippen LogP contribution in [-0.4, -0.2) is 44.5 Å². The molecule has 2 rings (SSSR count). The van der Waals surface area contributed by atoms with Crippen molar-refractivity contribution in [2.45, 2.75) is 43.8 Å². The Hall–Kier alpha value is -1.61. The smallest absolute Gasteiger partial charge is 0.329 e. The van der Waals surface area contributed by atoms with Gasteiger partial charge in [-0.15, -0.1) is 0 Å². The van der Waals surface area contributed by atoms with Crippen LogP contribution in [0, 0.1) is 5.92 Å². The molecule has 0 aliphatic heterocycles. The highest BCUT2D eigenvalue weighted by molar-refractivity contribution is 7.89. The minimum absolute atomic E-state index is 0.0119. The Morgan fingerprint density at radius 3 is 2.24 bits per heavy atom. The summed E-state index contributed by atoms with van der Waals surface area (Å²) in [7, 11) is -3.66.